The van der Waals surface area contributed by atoms with Gasteiger partial charge in [-0.15, -0.1) is 0 Å². The Balaban J connectivity index is 1.50. The summed E-state index contributed by atoms with van der Waals surface area (Å²) in [4.78, 5) is 41.4. The fourth-order valence-corrected chi connectivity index (χ4v) is 3.60. The van der Waals surface area contributed by atoms with Gasteiger partial charge in [0.1, 0.15) is 6.04 Å². The molecular formula is C22H27ClN4O4. The lowest BCUT2D eigenvalue weighted by atomic mass is 10.0. The first-order valence-corrected chi connectivity index (χ1v) is 10.6. The molecule has 0 spiro atoms. The van der Waals surface area contributed by atoms with Crippen molar-refractivity contribution in [2.75, 3.05) is 38.0 Å². The maximum Gasteiger partial charge on any atom is 0.287 e. The van der Waals surface area contributed by atoms with Crippen molar-refractivity contribution in [3.05, 3.63) is 53.4 Å². The van der Waals surface area contributed by atoms with Crippen LogP contribution in [0.25, 0.3) is 0 Å². The first-order chi connectivity index (χ1) is 14.8. The lowest BCUT2D eigenvalue weighted by molar-refractivity contribution is -0.136. The molecule has 166 valence electrons. The molecule has 2 heterocycles. The maximum absolute atomic E-state index is 13.0. The van der Waals surface area contributed by atoms with Gasteiger partial charge in [-0.25, -0.2) is 0 Å². The van der Waals surface area contributed by atoms with Gasteiger partial charge < -0.3 is 20.0 Å². The van der Waals surface area contributed by atoms with E-state index >= 15 is 0 Å². The van der Waals surface area contributed by atoms with Crippen molar-refractivity contribution in [3.8, 4) is 0 Å². The van der Waals surface area contributed by atoms with Gasteiger partial charge in [-0.05, 0) is 30.2 Å². The number of para-hydroxylation sites is 1. The Kier molecular flexibility index (Phi) is 7.70. The van der Waals surface area contributed by atoms with Crippen molar-refractivity contribution in [1.82, 2.24) is 15.1 Å². The molecule has 1 fully saturated rings. The van der Waals surface area contributed by atoms with E-state index in [1.54, 1.807) is 35.2 Å². The number of nitrogens with one attached hydrogen (secondary N) is 2. The van der Waals surface area contributed by atoms with E-state index in [9.17, 15) is 14.4 Å². The number of hydrogen-bond donors (Lipinski definition) is 2. The van der Waals surface area contributed by atoms with Gasteiger partial charge in [0, 0.05) is 26.2 Å². The minimum atomic E-state index is -0.646. The Morgan fingerprint density at radius 2 is 1.77 bits per heavy atom. The summed E-state index contributed by atoms with van der Waals surface area (Å²) in [6, 6.07) is 9.62. The number of benzene rings is 1. The van der Waals surface area contributed by atoms with Gasteiger partial charge in [-0.2, -0.15) is 0 Å². The fourth-order valence-electron chi connectivity index (χ4n) is 3.41. The molecule has 0 bridgehead atoms. The van der Waals surface area contributed by atoms with Crippen LogP contribution in [0.15, 0.2) is 47.1 Å². The van der Waals surface area contributed by atoms with Crippen LogP contribution in [0.2, 0.25) is 5.02 Å². The standard InChI is InChI=1S/C22H27ClN4O4/c1-15(2)20(25-21(29)18-8-5-13-31-18)22(30)27-11-9-26(10-12-27)14-19(28)24-17-7-4-3-6-16(17)23/h3-8,13,15,20H,9-12,14H2,1-2H3,(H,24,28)(H,25,29)/t20-/m0/s1. The minimum Gasteiger partial charge on any atom is -0.459 e. The molecule has 0 aliphatic carbocycles. The zero-order chi connectivity index (χ0) is 22.4. The van der Waals surface area contributed by atoms with Crippen LogP contribution in [-0.2, 0) is 9.59 Å². The molecule has 1 aromatic heterocycles. The van der Waals surface area contributed by atoms with Crippen molar-refractivity contribution in [1.29, 1.82) is 0 Å². The Labute approximate surface area is 186 Å². The first-order valence-electron chi connectivity index (χ1n) is 10.2. The van der Waals surface area contributed by atoms with Crippen LogP contribution >= 0.6 is 11.6 Å². The second-order valence-corrected chi connectivity index (χ2v) is 8.21. The molecule has 2 aromatic rings. The summed E-state index contributed by atoms with van der Waals surface area (Å²) in [5, 5.41) is 6.08. The summed E-state index contributed by atoms with van der Waals surface area (Å²) < 4.78 is 5.11. The monoisotopic (exact) mass is 446 g/mol. The van der Waals surface area contributed by atoms with Crippen LogP contribution in [0.5, 0.6) is 0 Å². The summed E-state index contributed by atoms with van der Waals surface area (Å²) in [5.74, 6) is -0.598. The SMILES string of the molecule is CC(C)[C@H](NC(=O)c1ccco1)C(=O)N1CCN(CC(=O)Nc2ccccc2Cl)CC1. The molecule has 3 rings (SSSR count). The summed E-state index contributed by atoms with van der Waals surface area (Å²) in [5.41, 5.74) is 0.579. The van der Waals surface area contributed by atoms with Crippen molar-refractivity contribution < 1.29 is 18.8 Å². The minimum absolute atomic E-state index is 0.0779. The van der Waals surface area contributed by atoms with Gasteiger partial charge in [0.15, 0.2) is 5.76 Å². The van der Waals surface area contributed by atoms with E-state index in [1.807, 2.05) is 24.8 Å². The fraction of sp³-hybridized carbons (Fsp3) is 0.409. The quantitative estimate of drug-likeness (QED) is 0.681. The predicted molar refractivity (Wildman–Crippen MR) is 118 cm³/mol. The van der Waals surface area contributed by atoms with Crippen molar-refractivity contribution >= 4 is 35.0 Å². The van der Waals surface area contributed by atoms with Gasteiger partial charge in [0.25, 0.3) is 5.91 Å². The van der Waals surface area contributed by atoms with E-state index < -0.39 is 11.9 Å². The summed E-state index contributed by atoms with van der Waals surface area (Å²) in [6.45, 7) is 6.10. The lowest BCUT2D eigenvalue weighted by Gasteiger charge is -2.37. The molecule has 1 saturated heterocycles. The summed E-state index contributed by atoms with van der Waals surface area (Å²) in [7, 11) is 0. The largest absolute Gasteiger partial charge is 0.459 e. The normalized spacial score (nSPS) is 15.5. The van der Waals surface area contributed by atoms with E-state index in [-0.39, 0.29) is 30.0 Å². The lowest BCUT2D eigenvalue weighted by Crippen LogP contribution is -2.57. The average Bonchev–Trinajstić information content (AvgIpc) is 3.28. The predicted octanol–water partition coefficient (Wildman–Crippen LogP) is 2.47. The molecule has 1 aromatic carbocycles. The highest BCUT2D eigenvalue weighted by molar-refractivity contribution is 6.33. The third-order valence-corrected chi connectivity index (χ3v) is 5.49. The Hall–Kier alpha value is -2.84. The number of carbonyl (C=O) groups excluding carboxylic acids is 3. The van der Waals surface area contributed by atoms with E-state index in [0.717, 1.165) is 0 Å². The summed E-state index contributed by atoms with van der Waals surface area (Å²) in [6.07, 6.45) is 1.42. The second-order valence-electron chi connectivity index (χ2n) is 7.80. The zero-order valence-corrected chi connectivity index (χ0v) is 18.4. The van der Waals surface area contributed by atoms with Crippen LogP contribution in [0.4, 0.5) is 5.69 Å². The molecule has 8 nitrogen and oxygen atoms in total. The Bertz CT molecular complexity index is 908. The molecule has 2 N–H and O–H groups in total. The smallest absolute Gasteiger partial charge is 0.287 e. The van der Waals surface area contributed by atoms with Gasteiger partial charge in [0.2, 0.25) is 11.8 Å². The molecule has 0 unspecified atom stereocenters. The number of piperazine rings is 1. The Morgan fingerprint density at radius 1 is 1.06 bits per heavy atom. The van der Waals surface area contributed by atoms with Crippen LogP contribution in [0.3, 0.4) is 0 Å². The topological polar surface area (TPSA) is 94.9 Å². The molecule has 3 amide bonds. The average molecular weight is 447 g/mol. The molecule has 1 aliphatic rings. The highest BCUT2D eigenvalue weighted by Gasteiger charge is 2.31. The first kappa shape index (κ1) is 22.8. The van der Waals surface area contributed by atoms with Crippen LogP contribution in [0.1, 0.15) is 24.4 Å². The van der Waals surface area contributed by atoms with E-state index in [4.69, 9.17) is 16.0 Å². The number of anilines is 1. The van der Waals surface area contributed by atoms with Gasteiger partial charge in [-0.3, -0.25) is 19.3 Å². The van der Waals surface area contributed by atoms with Gasteiger partial charge in [0.05, 0.1) is 23.5 Å². The number of nitrogens with zero attached hydrogens (tertiary/aromatic N) is 2. The van der Waals surface area contributed by atoms with Crippen molar-refractivity contribution in [2.45, 2.75) is 19.9 Å². The van der Waals surface area contributed by atoms with E-state index in [0.29, 0.717) is 36.9 Å². The number of carbonyl (C=O) groups is 3. The molecule has 9 heteroatoms. The second kappa shape index (κ2) is 10.5. The van der Waals surface area contributed by atoms with E-state index in [1.165, 1.54) is 6.26 Å². The van der Waals surface area contributed by atoms with Gasteiger partial charge >= 0.3 is 0 Å². The molecular weight excluding hydrogens is 420 g/mol. The van der Waals surface area contributed by atoms with Crippen LogP contribution < -0.4 is 10.6 Å². The van der Waals surface area contributed by atoms with Crippen molar-refractivity contribution in [3.63, 3.8) is 0 Å². The van der Waals surface area contributed by atoms with Crippen LogP contribution in [0, 0.1) is 5.92 Å². The molecule has 0 saturated carbocycles. The third kappa shape index (κ3) is 6.08. The van der Waals surface area contributed by atoms with Gasteiger partial charge in [-0.1, -0.05) is 37.6 Å². The molecule has 1 aliphatic heterocycles. The Morgan fingerprint density at radius 3 is 2.39 bits per heavy atom. The number of rotatable bonds is 7. The maximum atomic E-state index is 13.0. The highest BCUT2D eigenvalue weighted by Crippen LogP contribution is 2.20. The number of furan rings is 1. The number of halogens is 1. The highest BCUT2D eigenvalue weighted by atomic mass is 35.5. The summed E-state index contributed by atoms with van der Waals surface area (Å²) >= 11 is 6.08. The number of amides is 3. The molecule has 31 heavy (non-hydrogen) atoms. The number of hydrogen-bond acceptors (Lipinski definition) is 5. The van der Waals surface area contributed by atoms with E-state index in [2.05, 4.69) is 10.6 Å². The molecule has 1 atom stereocenters. The third-order valence-electron chi connectivity index (χ3n) is 5.16. The molecule has 0 radical (unpaired) electrons. The van der Waals surface area contributed by atoms with Crippen molar-refractivity contribution in [2.24, 2.45) is 5.92 Å². The van der Waals surface area contributed by atoms with Crippen LogP contribution in [-0.4, -0.2) is 66.3 Å². The zero-order valence-electron chi connectivity index (χ0n) is 17.6.